The van der Waals surface area contributed by atoms with Gasteiger partial charge in [-0.3, -0.25) is 9.59 Å². The van der Waals surface area contributed by atoms with E-state index in [1.54, 1.807) is 34.9 Å². The molecule has 1 N–H and O–H groups in total. The Labute approximate surface area is 234 Å². The highest BCUT2D eigenvalue weighted by atomic mass is 35.5. The Balaban J connectivity index is 1.91. The van der Waals surface area contributed by atoms with Crippen LogP contribution in [0.15, 0.2) is 72.8 Å². The van der Waals surface area contributed by atoms with E-state index in [9.17, 15) is 9.59 Å². The summed E-state index contributed by atoms with van der Waals surface area (Å²) in [5, 5.41) is 4.03. The number of rotatable bonds is 12. The molecule has 0 radical (unpaired) electrons. The Kier molecular flexibility index (Phi) is 11.4. The maximum absolute atomic E-state index is 13.8. The first-order valence-electron chi connectivity index (χ1n) is 12.5. The lowest BCUT2D eigenvalue weighted by Gasteiger charge is -2.32. The van der Waals surface area contributed by atoms with E-state index in [0.717, 1.165) is 12.0 Å². The molecule has 0 aliphatic heterocycles. The molecule has 7 heteroatoms. The molecule has 37 heavy (non-hydrogen) atoms. The molecule has 3 rings (SSSR count). The molecule has 0 aliphatic rings. The van der Waals surface area contributed by atoms with Gasteiger partial charge in [-0.1, -0.05) is 90.8 Å². The van der Waals surface area contributed by atoms with E-state index in [1.165, 1.54) is 11.1 Å². The second-order valence-electron chi connectivity index (χ2n) is 9.16. The van der Waals surface area contributed by atoms with Gasteiger partial charge in [0.2, 0.25) is 11.8 Å². The summed E-state index contributed by atoms with van der Waals surface area (Å²) >= 11 is 14.5. The second kappa shape index (κ2) is 14.5. The first-order chi connectivity index (χ1) is 17.8. The highest BCUT2D eigenvalue weighted by Crippen LogP contribution is 2.28. The van der Waals surface area contributed by atoms with Crippen LogP contribution < -0.4 is 5.32 Å². The predicted octanol–water partition coefficient (Wildman–Crippen LogP) is 7.09. The summed E-state index contributed by atoms with van der Waals surface area (Å²) < 4.78 is 0. The van der Waals surface area contributed by atoms with Crippen molar-refractivity contribution < 1.29 is 9.59 Å². The van der Waals surface area contributed by atoms with Gasteiger partial charge >= 0.3 is 0 Å². The van der Waals surface area contributed by atoms with Gasteiger partial charge in [-0.15, -0.1) is 11.8 Å². The fourth-order valence-electron chi connectivity index (χ4n) is 3.95. The quantitative estimate of drug-likeness (QED) is 0.259. The zero-order valence-electron chi connectivity index (χ0n) is 21.5. The third kappa shape index (κ3) is 8.53. The van der Waals surface area contributed by atoms with Crippen LogP contribution >= 0.6 is 35.0 Å². The number of halogens is 2. The van der Waals surface area contributed by atoms with Crippen molar-refractivity contribution in [2.45, 2.75) is 58.0 Å². The molecule has 0 saturated carbocycles. The standard InChI is InChI=1S/C30H34Cl2N2O2S/c1-4-22(3)33-30(36)28(17-23-12-6-5-7-13-23)34(18-25-26(31)15-10-16-27(25)32)29(35)20-37-19-24-14-9-8-11-21(24)2/h5-16,22,28H,4,17-20H2,1-3H3,(H,33,36)/t22-,28+/m0/s1. The zero-order valence-corrected chi connectivity index (χ0v) is 23.9. The lowest BCUT2D eigenvalue weighted by molar-refractivity contribution is -0.139. The SMILES string of the molecule is CC[C@H](C)NC(=O)[C@@H](Cc1ccccc1)N(Cc1c(Cl)cccc1Cl)C(=O)CSCc1ccccc1C. The molecule has 0 aromatic heterocycles. The minimum Gasteiger partial charge on any atom is -0.352 e. The molecular weight excluding hydrogens is 523 g/mol. The summed E-state index contributed by atoms with van der Waals surface area (Å²) in [6.45, 7) is 6.20. The molecular formula is C30H34Cl2N2O2S. The van der Waals surface area contributed by atoms with E-state index < -0.39 is 6.04 Å². The number of nitrogens with one attached hydrogen (secondary N) is 1. The Morgan fingerprint density at radius 1 is 0.946 bits per heavy atom. The van der Waals surface area contributed by atoms with Crippen molar-refractivity contribution in [3.63, 3.8) is 0 Å². The number of amides is 2. The van der Waals surface area contributed by atoms with Crippen LogP contribution in [0.1, 0.15) is 42.5 Å². The average Bonchev–Trinajstić information content (AvgIpc) is 2.89. The lowest BCUT2D eigenvalue weighted by Crippen LogP contribution is -2.52. The average molecular weight is 558 g/mol. The Morgan fingerprint density at radius 2 is 1.59 bits per heavy atom. The van der Waals surface area contributed by atoms with Crippen molar-refractivity contribution in [3.8, 4) is 0 Å². The molecule has 3 aromatic rings. The van der Waals surface area contributed by atoms with E-state index in [-0.39, 0.29) is 30.2 Å². The first kappa shape index (κ1) is 29.1. The van der Waals surface area contributed by atoms with Crippen LogP contribution in [0.25, 0.3) is 0 Å². The summed E-state index contributed by atoms with van der Waals surface area (Å²) in [5.41, 5.74) is 3.99. The zero-order chi connectivity index (χ0) is 26.8. The largest absolute Gasteiger partial charge is 0.352 e. The van der Waals surface area contributed by atoms with Crippen molar-refractivity contribution in [3.05, 3.63) is 105 Å². The van der Waals surface area contributed by atoms with E-state index in [0.29, 0.717) is 27.8 Å². The summed E-state index contributed by atoms with van der Waals surface area (Å²) in [5.74, 6) is 0.633. The molecule has 196 valence electrons. The van der Waals surface area contributed by atoms with Gasteiger partial charge in [0.05, 0.1) is 5.75 Å². The molecule has 4 nitrogen and oxygen atoms in total. The van der Waals surface area contributed by atoms with Crippen molar-refractivity contribution in [1.29, 1.82) is 0 Å². The number of hydrogen-bond acceptors (Lipinski definition) is 3. The van der Waals surface area contributed by atoms with Crippen LogP contribution in [0.4, 0.5) is 0 Å². The van der Waals surface area contributed by atoms with Gasteiger partial charge in [-0.2, -0.15) is 0 Å². The molecule has 0 saturated heterocycles. The van der Waals surface area contributed by atoms with Crippen LogP contribution in [0.2, 0.25) is 10.0 Å². The highest BCUT2D eigenvalue weighted by Gasteiger charge is 2.31. The lowest BCUT2D eigenvalue weighted by atomic mass is 10.0. The third-order valence-corrected chi connectivity index (χ3v) is 8.08. The van der Waals surface area contributed by atoms with E-state index >= 15 is 0 Å². The number of benzene rings is 3. The Bertz CT molecular complexity index is 1170. The number of thioether (sulfide) groups is 1. The van der Waals surface area contributed by atoms with Gasteiger partial charge in [0.25, 0.3) is 0 Å². The maximum atomic E-state index is 13.8. The molecule has 0 heterocycles. The van der Waals surface area contributed by atoms with E-state index in [4.69, 9.17) is 23.2 Å². The summed E-state index contributed by atoms with van der Waals surface area (Å²) in [4.78, 5) is 29.0. The van der Waals surface area contributed by atoms with Crippen LogP contribution in [-0.2, 0) is 28.3 Å². The first-order valence-corrected chi connectivity index (χ1v) is 14.4. The van der Waals surface area contributed by atoms with Crippen LogP contribution in [0.3, 0.4) is 0 Å². The smallest absolute Gasteiger partial charge is 0.243 e. The van der Waals surface area contributed by atoms with Crippen molar-refractivity contribution in [1.82, 2.24) is 10.2 Å². The monoisotopic (exact) mass is 556 g/mol. The van der Waals surface area contributed by atoms with Gasteiger partial charge in [0.15, 0.2) is 0 Å². The predicted molar refractivity (Wildman–Crippen MR) is 156 cm³/mol. The fourth-order valence-corrected chi connectivity index (χ4v) is 5.46. The number of carbonyl (C=O) groups excluding carboxylic acids is 2. The minimum absolute atomic E-state index is 0.0120. The van der Waals surface area contributed by atoms with Gasteiger partial charge in [0.1, 0.15) is 6.04 Å². The molecule has 3 aromatic carbocycles. The fraction of sp³-hybridized carbons (Fsp3) is 0.333. The van der Waals surface area contributed by atoms with E-state index in [2.05, 4.69) is 24.4 Å². The molecule has 2 amide bonds. The number of carbonyl (C=O) groups is 2. The Hall–Kier alpha value is -2.47. The summed E-state index contributed by atoms with van der Waals surface area (Å²) in [6, 6.07) is 22.5. The molecule has 0 bridgehead atoms. The van der Waals surface area contributed by atoms with Crippen LogP contribution in [0.5, 0.6) is 0 Å². The molecule has 2 atom stereocenters. The second-order valence-corrected chi connectivity index (χ2v) is 11.0. The topological polar surface area (TPSA) is 49.4 Å². The van der Waals surface area contributed by atoms with Crippen molar-refractivity contribution in [2.24, 2.45) is 0 Å². The van der Waals surface area contributed by atoms with Gasteiger partial charge in [-0.25, -0.2) is 0 Å². The van der Waals surface area contributed by atoms with Crippen molar-refractivity contribution >= 4 is 46.8 Å². The molecule has 0 aliphatic carbocycles. The van der Waals surface area contributed by atoms with Gasteiger partial charge < -0.3 is 10.2 Å². The number of hydrogen-bond donors (Lipinski definition) is 1. The molecule has 0 unspecified atom stereocenters. The summed E-state index contributed by atoms with van der Waals surface area (Å²) in [7, 11) is 0. The highest BCUT2D eigenvalue weighted by molar-refractivity contribution is 7.99. The number of nitrogens with zero attached hydrogens (tertiary/aromatic N) is 1. The molecule has 0 spiro atoms. The normalized spacial score (nSPS) is 12.6. The molecule has 0 fully saturated rings. The van der Waals surface area contributed by atoms with Gasteiger partial charge in [0, 0.05) is 40.4 Å². The third-order valence-electron chi connectivity index (χ3n) is 6.41. The van der Waals surface area contributed by atoms with Gasteiger partial charge in [-0.05, 0) is 49.1 Å². The number of aryl methyl sites for hydroxylation is 1. The maximum Gasteiger partial charge on any atom is 0.243 e. The van der Waals surface area contributed by atoms with Crippen molar-refractivity contribution in [2.75, 3.05) is 5.75 Å². The minimum atomic E-state index is -0.713. The van der Waals surface area contributed by atoms with E-state index in [1.807, 2.05) is 56.3 Å². The van der Waals surface area contributed by atoms with Crippen LogP contribution in [0, 0.1) is 6.92 Å². The van der Waals surface area contributed by atoms with Crippen LogP contribution in [-0.4, -0.2) is 34.6 Å². The summed E-state index contributed by atoms with van der Waals surface area (Å²) in [6.07, 6.45) is 1.18. The Morgan fingerprint density at radius 3 is 2.24 bits per heavy atom.